The summed E-state index contributed by atoms with van der Waals surface area (Å²) in [5.41, 5.74) is 3.81. The maximum absolute atomic E-state index is 10.5. The molecule has 3 aromatic carbocycles. The van der Waals surface area contributed by atoms with Gasteiger partial charge in [0.2, 0.25) is 0 Å². The molecular formula is C19H14Cl2O. The molecule has 1 atom stereocenters. The van der Waals surface area contributed by atoms with Crippen molar-refractivity contribution < 1.29 is 5.11 Å². The number of hydrogen-bond acceptors (Lipinski definition) is 1. The number of hydrogen-bond donors (Lipinski definition) is 1. The maximum Gasteiger partial charge on any atom is 0.104 e. The Kier molecular flexibility index (Phi) is 4.49. The van der Waals surface area contributed by atoms with Crippen molar-refractivity contribution in [3.8, 4) is 11.1 Å². The maximum atomic E-state index is 10.5. The predicted molar refractivity (Wildman–Crippen MR) is 92.4 cm³/mol. The molecule has 22 heavy (non-hydrogen) atoms. The molecule has 0 aliphatic rings. The second kappa shape index (κ2) is 6.53. The summed E-state index contributed by atoms with van der Waals surface area (Å²) in [6, 6.07) is 23.2. The highest BCUT2D eigenvalue weighted by Crippen LogP contribution is 2.30. The van der Waals surface area contributed by atoms with Crippen LogP contribution in [0.4, 0.5) is 0 Å². The van der Waals surface area contributed by atoms with E-state index in [0.717, 1.165) is 22.3 Å². The summed E-state index contributed by atoms with van der Waals surface area (Å²) < 4.78 is 0. The smallest absolute Gasteiger partial charge is 0.104 e. The molecule has 3 rings (SSSR count). The Labute approximate surface area is 139 Å². The lowest BCUT2D eigenvalue weighted by molar-refractivity contribution is 0.220. The fourth-order valence-corrected chi connectivity index (χ4v) is 2.67. The predicted octanol–water partition coefficient (Wildman–Crippen LogP) is 5.74. The molecule has 0 aromatic heterocycles. The Hall–Kier alpha value is -1.80. The van der Waals surface area contributed by atoms with Crippen molar-refractivity contribution in [1.29, 1.82) is 0 Å². The van der Waals surface area contributed by atoms with Crippen LogP contribution in [0.15, 0.2) is 72.8 Å². The third-order valence-electron chi connectivity index (χ3n) is 3.59. The van der Waals surface area contributed by atoms with Crippen molar-refractivity contribution in [2.24, 2.45) is 0 Å². The van der Waals surface area contributed by atoms with Crippen molar-refractivity contribution in [1.82, 2.24) is 0 Å². The van der Waals surface area contributed by atoms with E-state index in [2.05, 4.69) is 12.1 Å². The standard InChI is InChI=1S/C19H14Cl2O/c20-17-11-10-16(12-18(17)21)19(22)15-8-6-14(7-9-15)13-4-2-1-3-5-13/h1-12,19,22H/t19-/m0/s1. The Morgan fingerprint density at radius 2 is 1.23 bits per heavy atom. The van der Waals surface area contributed by atoms with E-state index in [4.69, 9.17) is 23.2 Å². The molecule has 0 heterocycles. The molecule has 0 amide bonds. The van der Waals surface area contributed by atoms with Crippen LogP contribution in [0.2, 0.25) is 10.0 Å². The monoisotopic (exact) mass is 328 g/mol. The summed E-state index contributed by atoms with van der Waals surface area (Å²) in [6.45, 7) is 0. The first-order valence-electron chi connectivity index (χ1n) is 6.93. The van der Waals surface area contributed by atoms with Crippen molar-refractivity contribution >= 4 is 23.2 Å². The van der Waals surface area contributed by atoms with Gasteiger partial charge in [-0.2, -0.15) is 0 Å². The molecule has 0 fully saturated rings. The topological polar surface area (TPSA) is 20.2 Å². The van der Waals surface area contributed by atoms with Gasteiger partial charge in [-0.15, -0.1) is 0 Å². The largest absolute Gasteiger partial charge is 0.384 e. The first kappa shape index (κ1) is 15.1. The first-order valence-corrected chi connectivity index (χ1v) is 7.69. The quantitative estimate of drug-likeness (QED) is 0.649. The summed E-state index contributed by atoms with van der Waals surface area (Å²) in [4.78, 5) is 0. The van der Waals surface area contributed by atoms with Crippen LogP contribution in [0, 0.1) is 0 Å². The van der Waals surface area contributed by atoms with Crippen molar-refractivity contribution in [3.63, 3.8) is 0 Å². The fourth-order valence-electron chi connectivity index (χ4n) is 2.36. The Bertz CT molecular complexity index is 767. The van der Waals surface area contributed by atoms with Gasteiger partial charge in [-0.1, -0.05) is 83.9 Å². The van der Waals surface area contributed by atoms with Crippen LogP contribution >= 0.6 is 23.2 Å². The molecule has 1 N–H and O–H groups in total. The van der Waals surface area contributed by atoms with E-state index in [-0.39, 0.29) is 0 Å². The molecular weight excluding hydrogens is 315 g/mol. The molecule has 110 valence electrons. The summed E-state index contributed by atoms with van der Waals surface area (Å²) in [7, 11) is 0. The highest BCUT2D eigenvalue weighted by atomic mass is 35.5. The van der Waals surface area contributed by atoms with E-state index in [1.54, 1.807) is 18.2 Å². The third kappa shape index (κ3) is 3.17. The minimum Gasteiger partial charge on any atom is -0.384 e. The van der Waals surface area contributed by atoms with Crippen LogP contribution in [-0.2, 0) is 0 Å². The van der Waals surface area contributed by atoms with Gasteiger partial charge in [0.25, 0.3) is 0 Å². The normalized spacial score (nSPS) is 12.1. The van der Waals surface area contributed by atoms with Gasteiger partial charge in [-0.3, -0.25) is 0 Å². The lowest BCUT2D eigenvalue weighted by Crippen LogP contribution is -1.99. The average molecular weight is 329 g/mol. The highest BCUT2D eigenvalue weighted by molar-refractivity contribution is 6.42. The lowest BCUT2D eigenvalue weighted by atomic mass is 9.98. The zero-order chi connectivity index (χ0) is 15.5. The zero-order valence-electron chi connectivity index (χ0n) is 11.7. The van der Waals surface area contributed by atoms with Gasteiger partial charge in [-0.25, -0.2) is 0 Å². The lowest BCUT2D eigenvalue weighted by Gasteiger charge is -2.13. The molecule has 0 aliphatic carbocycles. The van der Waals surface area contributed by atoms with Crippen LogP contribution in [0.25, 0.3) is 11.1 Å². The Balaban J connectivity index is 1.87. The summed E-state index contributed by atoms with van der Waals surface area (Å²) in [5.74, 6) is 0. The van der Waals surface area contributed by atoms with Crippen molar-refractivity contribution in [3.05, 3.63) is 94.0 Å². The van der Waals surface area contributed by atoms with Crippen LogP contribution < -0.4 is 0 Å². The molecule has 0 radical (unpaired) electrons. The van der Waals surface area contributed by atoms with E-state index in [1.165, 1.54) is 0 Å². The van der Waals surface area contributed by atoms with Gasteiger partial charge in [0.05, 0.1) is 10.0 Å². The fraction of sp³-hybridized carbons (Fsp3) is 0.0526. The third-order valence-corrected chi connectivity index (χ3v) is 4.33. The average Bonchev–Trinajstić information content (AvgIpc) is 2.58. The number of aliphatic hydroxyl groups excluding tert-OH is 1. The number of benzene rings is 3. The molecule has 3 heteroatoms. The molecule has 0 spiro atoms. The minimum atomic E-state index is -0.723. The van der Waals surface area contributed by atoms with Crippen molar-refractivity contribution in [2.45, 2.75) is 6.10 Å². The first-order chi connectivity index (χ1) is 10.6. The number of rotatable bonds is 3. The molecule has 0 aliphatic heterocycles. The van der Waals surface area contributed by atoms with Gasteiger partial charge in [0.1, 0.15) is 6.10 Å². The molecule has 0 saturated heterocycles. The van der Waals surface area contributed by atoms with E-state index in [9.17, 15) is 5.11 Å². The Morgan fingerprint density at radius 3 is 1.86 bits per heavy atom. The molecule has 3 aromatic rings. The number of aliphatic hydroxyl groups is 1. The van der Waals surface area contributed by atoms with E-state index >= 15 is 0 Å². The van der Waals surface area contributed by atoms with Gasteiger partial charge in [-0.05, 0) is 34.4 Å². The highest BCUT2D eigenvalue weighted by Gasteiger charge is 2.12. The second-order valence-corrected chi connectivity index (χ2v) is 5.88. The SMILES string of the molecule is O[C@@H](c1ccc(-c2ccccc2)cc1)c1ccc(Cl)c(Cl)c1. The van der Waals surface area contributed by atoms with E-state index in [1.807, 2.05) is 42.5 Å². The molecule has 0 saturated carbocycles. The Morgan fingerprint density at radius 1 is 0.636 bits per heavy atom. The summed E-state index contributed by atoms with van der Waals surface area (Å²) in [5, 5.41) is 11.4. The minimum absolute atomic E-state index is 0.444. The second-order valence-electron chi connectivity index (χ2n) is 5.06. The zero-order valence-corrected chi connectivity index (χ0v) is 13.2. The van der Waals surface area contributed by atoms with Crippen LogP contribution in [0.3, 0.4) is 0 Å². The molecule has 0 unspecified atom stereocenters. The number of halogens is 2. The van der Waals surface area contributed by atoms with Gasteiger partial charge in [0.15, 0.2) is 0 Å². The van der Waals surface area contributed by atoms with Crippen LogP contribution in [-0.4, -0.2) is 5.11 Å². The van der Waals surface area contributed by atoms with Gasteiger partial charge < -0.3 is 5.11 Å². The van der Waals surface area contributed by atoms with E-state index in [0.29, 0.717) is 10.0 Å². The van der Waals surface area contributed by atoms with Gasteiger partial charge >= 0.3 is 0 Å². The summed E-state index contributed by atoms with van der Waals surface area (Å²) in [6.07, 6.45) is -0.723. The molecule has 0 bridgehead atoms. The summed E-state index contributed by atoms with van der Waals surface area (Å²) >= 11 is 11.9. The van der Waals surface area contributed by atoms with Crippen molar-refractivity contribution in [2.75, 3.05) is 0 Å². The molecule has 1 nitrogen and oxygen atoms in total. The van der Waals surface area contributed by atoms with Crippen LogP contribution in [0.1, 0.15) is 17.2 Å². The van der Waals surface area contributed by atoms with Crippen LogP contribution in [0.5, 0.6) is 0 Å². The van der Waals surface area contributed by atoms with E-state index < -0.39 is 6.10 Å². The van der Waals surface area contributed by atoms with Gasteiger partial charge in [0, 0.05) is 0 Å².